The number of nitrogens with zero attached hydrogens (tertiary/aromatic N) is 6. The summed E-state index contributed by atoms with van der Waals surface area (Å²) in [6.45, 7) is 4.76. The van der Waals surface area contributed by atoms with Crippen LogP contribution in [0.15, 0.2) is 77.5 Å². The average Bonchev–Trinajstić information content (AvgIpc) is 3.32. The van der Waals surface area contributed by atoms with E-state index in [0.717, 1.165) is 44.1 Å². The molecule has 0 amide bonds. The maximum Gasteiger partial charge on any atom is 0.268 e. The fraction of sp³-hybridized carbons (Fsp3) is 0.217. The highest BCUT2D eigenvalue weighted by atomic mass is 16.4. The molecule has 150 valence electrons. The zero-order valence-electron chi connectivity index (χ0n) is 16.6. The monoisotopic (exact) mass is 398 g/mol. The first-order chi connectivity index (χ1) is 14.8. The summed E-state index contributed by atoms with van der Waals surface area (Å²) in [5, 5.41) is 8.31. The highest BCUT2D eigenvalue weighted by Crippen LogP contribution is 2.24. The van der Waals surface area contributed by atoms with Crippen molar-refractivity contribution in [3.8, 4) is 23.0 Å². The third-order valence-corrected chi connectivity index (χ3v) is 5.23. The SMILES string of the molecule is c1ccc(CN2CCN(c3cncc(-c4nnc(-c5ccccc5)o4)n3)CC2)cc1. The Balaban J connectivity index is 1.26. The predicted octanol–water partition coefficient (Wildman–Crippen LogP) is 3.52. The lowest BCUT2D eigenvalue weighted by atomic mass is 10.2. The molecule has 0 saturated carbocycles. The molecule has 1 aliphatic rings. The highest BCUT2D eigenvalue weighted by molar-refractivity contribution is 5.56. The normalized spacial score (nSPS) is 14.7. The molecular formula is C23H22N6O. The van der Waals surface area contributed by atoms with Gasteiger partial charge in [-0.2, -0.15) is 0 Å². The van der Waals surface area contributed by atoms with Crippen LogP contribution in [0.2, 0.25) is 0 Å². The van der Waals surface area contributed by atoms with E-state index in [1.165, 1.54) is 5.56 Å². The summed E-state index contributed by atoms with van der Waals surface area (Å²) < 4.78 is 5.83. The molecule has 1 saturated heterocycles. The number of anilines is 1. The van der Waals surface area contributed by atoms with Crippen LogP contribution in [0.3, 0.4) is 0 Å². The Bertz CT molecular complexity index is 1090. The van der Waals surface area contributed by atoms with Gasteiger partial charge in [0.25, 0.3) is 5.89 Å². The summed E-state index contributed by atoms with van der Waals surface area (Å²) >= 11 is 0. The topological polar surface area (TPSA) is 71.2 Å². The van der Waals surface area contributed by atoms with Crippen molar-refractivity contribution in [1.82, 2.24) is 25.1 Å². The van der Waals surface area contributed by atoms with E-state index in [1.54, 1.807) is 12.4 Å². The molecule has 1 aliphatic heterocycles. The van der Waals surface area contributed by atoms with Crippen LogP contribution in [0, 0.1) is 0 Å². The molecule has 0 N–H and O–H groups in total. The average molecular weight is 398 g/mol. The van der Waals surface area contributed by atoms with Gasteiger partial charge in [0, 0.05) is 38.3 Å². The molecular weight excluding hydrogens is 376 g/mol. The van der Waals surface area contributed by atoms with Crippen molar-refractivity contribution < 1.29 is 4.42 Å². The first kappa shape index (κ1) is 18.4. The molecule has 0 bridgehead atoms. The van der Waals surface area contributed by atoms with E-state index < -0.39 is 0 Å². The van der Waals surface area contributed by atoms with Crippen molar-refractivity contribution in [2.75, 3.05) is 31.1 Å². The van der Waals surface area contributed by atoms with Gasteiger partial charge in [0.15, 0.2) is 0 Å². The summed E-state index contributed by atoms with van der Waals surface area (Å²) in [5.41, 5.74) is 2.82. The van der Waals surface area contributed by atoms with Gasteiger partial charge in [0.2, 0.25) is 5.89 Å². The van der Waals surface area contributed by atoms with Crippen molar-refractivity contribution in [3.63, 3.8) is 0 Å². The van der Waals surface area contributed by atoms with E-state index in [-0.39, 0.29) is 0 Å². The molecule has 0 spiro atoms. The van der Waals surface area contributed by atoms with Crippen LogP contribution in [0.4, 0.5) is 5.82 Å². The minimum atomic E-state index is 0.380. The summed E-state index contributed by atoms with van der Waals surface area (Å²) in [7, 11) is 0. The molecule has 4 aromatic rings. The van der Waals surface area contributed by atoms with Crippen molar-refractivity contribution in [3.05, 3.63) is 78.6 Å². The molecule has 0 atom stereocenters. The third kappa shape index (κ3) is 4.06. The van der Waals surface area contributed by atoms with E-state index >= 15 is 0 Å². The molecule has 2 aromatic heterocycles. The second kappa shape index (κ2) is 8.42. The van der Waals surface area contributed by atoms with Gasteiger partial charge in [-0.3, -0.25) is 9.88 Å². The van der Waals surface area contributed by atoms with Gasteiger partial charge in [0.1, 0.15) is 11.5 Å². The maximum atomic E-state index is 5.83. The fourth-order valence-electron chi connectivity index (χ4n) is 3.61. The molecule has 1 fully saturated rings. The molecule has 3 heterocycles. The number of aromatic nitrogens is 4. The number of rotatable bonds is 5. The number of piperazine rings is 1. The number of hydrogen-bond donors (Lipinski definition) is 0. The molecule has 0 unspecified atom stereocenters. The van der Waals surface area contributed by atoms with E-state index in [9.17, 15) is 0 Å². The number of hydrogen-bond acceptors (Lipinski definition) is 7. The second-order valence-electron chi connectivity index (χ2n) is 7.29. The Morgan fingerprint density at radius 3 is 2.23 bits per heavy atom. The lowest BCUT2D eigenvalue weighted by Crippen LogP contribution is -2.46. The largest absolute Gasteiger partial charge is 0.415 e. The van der Waals surface area contributed by atoms with Crippen LogP contribution >= 0.6 is 0 Å². The van der Waals surface area contributed by atoms with Crippen molar-refractivity contribution in [1.29, 1.82) is 0 Å². The van der Waals surface area contributed by atoms with Gasteiger partial charge in [-0.15, -0.1) is 10.2 Å². The Hall–Kier alpha value is -3.58. The molecule has 2 aromatic carbocycles. The number of benzene rings is 2. The van der Waals surface area contributed by atoms with E-state index in [4.69, 9.17) is 9.40 Å². The first-order valence-corrected chi connectivity index (χ1v) is 10.1. The molecule has 30 heavy (non-hydrogen) atoms. The molecule has 0 aliphatic carbocycles. The predicted molar refractivity (Wildman–Crippen MR) is 115 cm³/mol. The summed E-state index contributed by atoms with van der Waals surface area (Å²) in [6.07, 6.45) is 3.46. The Morgan fingerprint density at radius 2 is 1.47 bits per heavy atom. The summed E-state index contributed by atoms with van der Waals surface area (Å²) in [5.74, 6) is 1.70. The van der Waals surface area contributed by atoms with Gasteiger partial charge < -0.3 is 9.32 Å². The van der Waals surface area contributed by atoms with Crippen LogP contribution in [0.1, 0.15) is 5.56 Å². The van der Waals surface area contributed by atoms with Crippen LogP contribution in [0.25, 0.3) is 23.0 Å². The van der Waals surface area contributed by atoms with Crippen LogP contribution in [-0.4, -0.2) is 51.2 Å². The van der Waals surface area contributed by atoms with Gasteiger partial charge in [-0.25, -0.2) is 4.98 Å². The summed E-state index contributed by atoms with van der Waals surface area (Å²) in [6, 6.07) is 20.3. The lowest BCUT2D eigenvalue weighted by Gasteiger charge is -2.35. The minimum Gasteiger partial charge on any atom is -0.415 e. The second-order valence-corrected chi connectivity index (χ2v) is 7.29. The molecule has 7 heteroatoms. The quantitative estimate of drug-likeness (QED) is 0.509. The minimum absolute atomic E-state index is 0.380. The lowest BCUT2D eigenvalue weighted by molar-refractivity contribution is 0.249. The van der Waals surface area contributed by atoms with Crippen molar-refractivity contribution in [2.24, 2.45) is 0 Å². The molecule has 5 rings (SSSR count). The van der Waals surface area contributed by atoms with Gasteiger partial charge in [-0.05, 0) is 17.7 Å². The zero-order chi connectivity index (χ0) is 20.2. The Labute approximate surface area is 175 Å². The van der Waals surface area contributed by atoms with Gasteiger partial charge >= 0.3 is 0 Å². The van der Waals surface area contributed by atoms with E-state index in [1.807, 2.05) is 30.3 Å². The highest BCUT2D eigenvalue weighted by Gasteiger charge is 2.20. The van der Waals surface area contributed by atoms with Crippen molar-refractivity contribution in [2.45, 2.75) is 6.54 Å². The van der Waals surface area contributed by atoms with Crippen LogP contribution in [0.5, 0.6) is 0 Å². The standard InChI is InChI=1S/C23H22N6O/c1-3-7-18(8-4-1)17-28-11-13-29(14-12-28)21-16-24-15-20(25-21)23-27-26-22(30-23)19-9-5-2-6-10-19/h1-10,15-16H,11-14,17H2. The Kier molecular flexibility index (Phi) is 5.18. The van der Waals surface area contributed by atoms with Crippen LogP contribution < -0.4 is 4.90 Å². The molecule has 0 radical (unpaired) electrons. The van der Waals surface area contributed by atoms with E-state index in [0.29, 0.717) is 17.5 Å². The van der Waals surface area contributed by atoms with Crippen molar-refractivity contribution >= 4 is 5.82 Å². The van der Waals surface area contributed by atoms with Gasteiger partial charge in [0.05, 0.1) is 12.4 Å². The Morgan fingerprint density at radius 1 is 0.767 bits per heavy atom. The summed E-state index contributed by atoms with van der Waals surface area (Å²) in [4.78, 5) is 13.8. The molecule has 7 nitrogen and oxygen atoms in total. The van der Waals surface area contributed by atoms with Gasteiger partial charge in [-0.1, -0.05) is 48.5 Å². The smallest absolute Gasteiger partial charge is 0.268 e. The fourth-order valence-corrected chi connectivity index (χ4v) is 3.61. The third-order valence-electron chi connectivity index (χ3n) is 5.23. The first-order valence-electron chi connectivity index (χ1n) is 10.1. The van der Waals surface area contributed by atoms with Crippen LogP contribution in [-0.2, 0) is 6.54 Å². The maximum absolute atomic E-state index is 5.83. The zero-order valence-corrected chi connectivity index (χ0v) is 16.6. The van der Waals surface area contributed by atoms with E-state index in [2.05, 4.69) is 55.3 Å².